The normalized spacial score (nSPS) is 10.8. The molecule has 6 nitrogen and oxygen atoms in total. The number of benzene rings is 4. The summed E-state index contributed by atoms with van der Waals surface area (Å²) in [6.07, 6.45) is 0.645. The van der Waals surface area contributed by atoms with Crippen LogP contribution in [0.3, 0.4) is 0 Å². The van der Waals surface area contributed by atoms with E-state index in [-0.39, 0.29) is 17.1 Å². The molecule has 0 heterocycles. The zero-order valence-corrected chi connectivity index (χ0v) is 22.9. The number of methoxy groups -OCH3 is 1. The number of ether oxygens (including phenoxy) is 5. The number of para-hydroxylation sites is 1. The van der Waals surface area contributed by atoms with Crippen LogP contribution in [0, 0.1) is 0 Å². The molecule has 0 amide bonds. The molecule has 0 aliphatic heterocycles. The molecule has 8 heteroatoms. The molecule has 198 valence electrons. The van der Waals surface area contributed by atoms with Crippen molar-refractivity contribution in [3.63, 3.8) is 0 Å². The van der Waals surface area contributed by atoms with E-state index in [0.29, 0.717) is 64.3 Å². The summed E-state index contributed by atoms with van der Waals surface area (Å²) >= 11 is 12.4. The van der Waals surface area contributed by atoms with Crippen molar-refractivity contribution in [2.75, 3.05) is 26.9 Å². The van der Waals surface area contributed by atoms with Crippen molar-refractivity contribution in [1.29, 1.82) is 0 Å². The number of carbonyl (C=O) groups is 1. The van der Waals surface area contributed by atoms with Crippen LogP contribution in [-0.4, -0.2) is 32.9 Å². The van der Waals surface area contributed by atoms with Crippen LogP contribution in [0.15, 0.2) is 66.7 Å². The van der Waals surface area contributed by atoms with Crippen molar-refractivity contribution >= 4 is 39.9 Å². The van der Waals surface area contributed by atoms with E-state index >= 15 is 0 Å². The Labute approximate surface area is 231 Å². The zero-order chi connectivity index (χ0) is 27.1. The van der Waals surface area contributed by atoms with E-state index in [0.717, 1.165) is 5.56 Å². The summed E-state index contributed by atoms with van der Waals surface area (Å²) in [5, 5.41) is 2.36. The molecule has 0 fully saturated rings. The first kappa shape index (κ1) is 27.4. The predicted octanol–water partition coefficient (Wildman–Crippen LogP) is 7.79. The van der Waals surface area contributed by atoms with Crippen molar-refractivity contribution in [3.05, 3.63) is 87.9 Å². The van der Waals surface area contributed by atoms with Gasteiger partial charge < -0.3 is 23.7 Å². The van der Waals surface area contributed by atoms with Gasteiger partial charge in [0.1, 0.15) is 11.3 Å². The Morgan fingerprint density at radius 2 is 1.39 bits per heavy atom. The van der Waals surface area contributed by atoms with Gasteiger partial charge in [-0.3, -0.25) is 0 Å². The van der Waals surface area contributed by atoms with Gasteiger partial charge in [-0.1, -0.05) is 47.5 Å². The number of rotatable bonds is 11. The van der Waals surface area contributed by atoms with Crippen molar-refractivity contribution in [3.8, 4) is 28.7 Å². The van der Waals surface area contributed by atoms with Gasteiger partial charge in [0.15, 0.2) is 11.5 Å². The molecule has 0 aliphatic carbocycles. The third-order valence-corrected chi connectivity index (χ3v) is 6.23. The standard InChI is InChI=1S/C30H28Cl2O6/c1-4-35-28-26(37-17-16-19-10-12-20(31)13-11-19)22-15-14-21(32)18-24(22)27(29(28)36-5-2)38-30(33)23-8-6-7-9-25(23)34-3/h6-15,18H,4-5,16-17H2,1-3H3. The van der Waals surface area contributed by atoms with Crippen LogP contribution in [0.4, 0.5) is 0 Å². The molecule has 0 aromatic heterocycles. The fourth-order valence-electron chi connectivity index (χ4n) is 4.03. The van der Waals surface area contributed by atoms with E-state index in [1.54, 1.807) is 36.4 Å². The maximum atomic E-state index is 13.3. The smallest absolute Gasteiger partial charge is 0.347 e. The lowest BCUT2D eigenvalue weighted by molar-refractivity contribution is 0.0726. The first-order valence-electron chi connectivity index (χ1n) is 12.2. The lowest BCUT2D eigenvalue weighted by Gasteiger charge is -2.22. The second-order valence-corrected chi connectivity index (χ2v) is 9.06. The van der Waals surface area contributed by atoms with E-state index in [1.165, 1.54) is 7.11 Å². The second-order valence-electron chi connectivity index (χ2n) is 8.19. The van der Waals surface area contributed by atoms with Crippen molar-refractivity contribution < 1.29 is 28.5 Å². The largest absolute Gasteiger partial charge is 0.496 e. The van der Waals surface area contributed by atoms with Gasteiger partial charge in [0, 0.05) is 27.2 Å². The van der Waals surface area contributed by atoms with Crippen molar-refractivity contribution in [1.82, 2.24) is 0 Å². The number of carbonyl (C=O) groups excluding carboxylic acids is 1. The third-order valence-electron chi connectivity index (χ3n) is 5.74. The summed E-state index contributed by atoms with van der Waals surface area (Å²) in [6.45, 7) is 4.71. The summed E-state index contributed by atoms with van der Waals surface area (Å²) < 4.78 is 29.7. The lowest BCUT2D eigenvalue weighted by atomic mass is 10.1. The average Bonchev–Trinajstić information content (AvgIpc) is 2.93. The quantitative estimate of drug-likeness (QED) is 0.139. The van der Waals surface area contributed by atoms with E-state index in [9.17, 15) is 4.79 Å². The molecule has 0 bridgehead atoms. The maximum absolute atomic E-state index is 13.3. The highest BCUT2D eigenvalue weighted by molar-refractivity contribution is 6.31. The monoisotopic (exact) mass is 554 g/mol. The van der Waals surface area contributed by atoms with Gasteiger partial charge in [0.05, 0.1) is 26.9 Å². The molecule has 0 saturated carbocycles. The number of hydrogen-bond donors (Lipinski definition) is 0. The Morgan fingerprint density at radius 1 is 0.737 bits per heavy atom. The fraction of sp³-hybridized carbons (Fsp3) is 0.233. The number of esters is 1. The van der Waals surface area contributed by atoms with E-state index in [1.807, 2.05) is 44.2 Å². The number of hydrogen-bond acceptors (Lipinski definition) is 6. The molecule has 4 rings (SSSR count). The number of halogens is 2. The molecule has 0 atom stereocenters. The molecule has 0 saturated heterocycles. The number of fused-ring (bicyclic) bond motifs is 1. The van der Waals surface area contributed by atoms with Crippen LogP contribution < -0.4 is 23.7 Å². The summed E-state index contributed by atoms with van der Waals surface area (Å²) in [4.78, 5) is 13.3. The Balaban J connectivity index is 1.81. The van der Waals surface area contributed by atoms with Gasteiger partial charge in [-0.2, -0.15) is 0 Å². The minimum Gasteiger partial charge on any atom is -0.496 e. The van der Waals surface area contributed by atoms with Gasteiger partial charge in [-0.25, -0.2) is 4.79 Å². The predicted molar refractivity (Wildman–Crippen MR) is 150 cm³/mol. The molecule has 0 N–H and O–H groups in total. The van der Waals surface area contributed by atoms with Gasteiger partial charge >= 0.3 is 5.97 Å². The van der Waals surface area contributed by atoms with E-state index in [2.05, 4.69) is 0 Å². The molecule has 0 spiro atoms. The van der Waals surface area contributed by atoms with Crippen LogP contribution in [0.2, 0.25) is 10.0 Å². The first-order valence-corrected chi connectivity index (χ1v) is 13.0. The lowest BCUT2D eigenvalue weighted by Crippen LogP contribution is -2.13. The highest BCUT2D eigenvalue weighted by atomic mass is 35.5. The summed E-state index contributed by atoms with van der Waals surface area (Å²) in [6, 6.07) is 19.7. The maximum Gasteiger partial charge on any atom is 0.347 e. The molecular weight excluding hydrogens is 527 g/mol. The minimum absolute atomic E-state index is 0.189. The molecule has 0 aliphatic rings. The summed E-state index contributed by atoms with van der Waals surface area (Å²) in [5.41, 5.74) is 1.35. The highest BCUT2D eigenvalue weighted by Gasteiger charge is 2.27. The van der Waals surface area contributed by atoms with Crippen molar-refractivity contribution in [2.45, 2.75) is 20.3 Å². The van der Waals surface area contributed by atoms with Gasteiger partial charge in [0.2, 0.25) is 11.5 Å². The zero-order valence-electron chi connectivity index (χ0n) is 21.4. The SMILES string of the molecule is CCOc1c(OCC)c(OC(=O)c2ccccc2OC)c2cc(Cl)ccc2c1OCCc1ccc(Cl)cc1. The first-order chi connectivity index (χ1) is 18.5. The van der Waals surface area contributed by atoms with Crippen LogP contribution in [0.5, 0.6) is 28.7 Å². The Bertz CT molecular complexity index is 1420. The second kappa shape index (κ2) is 12.8. The summed E-state index contributed by atoms with van der Waals surface area (Å²) in [5.74, 6) is 1.06. The van der Waals surface area contributed by atoms with E-state index in [4.69, 9.17) is 46.9 Å². The fourth-order valence-corrected chi connectivity index (χ4v) is 4.33. The molecular formula is C30H28Cl2O6. The van der Waals surface area contributed by atoms with Crippen molar-refractivity contribution in [2.24, 2.45) is 0 Å². The van der Waals surface area contributed by atoms with Gasteiger partial charge in [0.25, 0.3) is 0 Å². The van der Waals surface area contributed by atoms with Gasteiger partial charge in [-0.05, 0) is 61.9 Å². The van der Waals surface area contributed by atoms with Crippen LogP contribution in [-0.2, 0) is 6.42 Å². The summed E-state index contributed by atoms with van der Waals surface area (Å²) in [7, 11) is 1.50. The molecule has 4 aromatic rings. The topological polar surface area (TPSA) is 63.2 Å². The van der Waals surface area contributed by atoms with Crippen LogP contribution in [0.25, 0.3) is 10.8 Å². The Morgan fingerprint density at radius 3 is 2.08 bits per heavy atom. The molecule has 0 radical (unpaired) electrons. The average molecular weight is 555 g/mol. The van der Waals surface area contributed by atoms with Gasteiger partial charge in [-0.15, -0.1) is 0 Å². The Kier molecular flexibility index (Phi) is 9.21. The van der Waals surface area contributed by atoms with Crippen LogP contribution >= 0.6 is 23.2 Å². The minimum atomic E-state index is -0.608. The Hall–Kier alpha value is -3.61. The van der Waals surface area contributed by atoms with Crippen LogP contribution in [0.1, 0.15) is 29.8 Å². The molecule has 4 aromatic carbocycles. The highest BCUT2D eigenvalue weighted by Crippen LogP contribution is 2.52. The molecule has 38 heavy (non-hydrogen) atoms. The third kappa shape index (κ3) is 6.09. The molecule has 0 unspecified atom stereocenters. The van der Waals surface area contributed by atoms with E-state index < -0.39 is 5.97 Å².